The van der Waals surface area contributed by atoms with Crippen LogP contribution in [0.3, 0.4) is 0 Å². The summed E-state index contributed by atoms with van der Waals surface area (Å²) in [5, 5.41) is 10.7. The third kappa shape index (κ3) is 75.5. The quantitative estimate of drug-likeness (QED) is 0.0222. The molecule has 7 atom stereocenters. The van der Waals surface area contributed by atoms with Crippen LogP contribution >= 0.6 is 15.6 Å². The maximum Gasteiger partial charge on any atom is 0.472 e. The van der Waals surface area contributed by atoms with Crippen molar-refractivity contribution in [3.8, 4) is 0 Å². The van der Waals surface area contributed by atoms with Crippen molar-refractivity contribution in [1.29, 1.82) is 0 Å². The third-order valence-electron chi connectivity index (χ3n) is 20.5. The molecule has 0 heterocycles. The van der Waals surface area contributed by atoms with Gasteiger partial charge in [0.2, 0.25) is 0 Å². The molecule has 0 spiro atoms. The number of phosphoric acid groups is 2. The number of aliphatic hydroxyl groups is 1. The summed E-state index contributed by atoms with van der Waals surface area (Å²) >= 11 is 0. The molecule has 0 rings (SSSR count). The van der Waals surface area contributed by atoms with Gasteiger partial charge in [-0.2, -0.15) is 0 Å². The number of carbonyl (C=O) groups excluding carboxylic acids is 4. The molecule has 618 valence electrons. The maximum absolute atomic E-state index is 13.1. The number of rotatable bonds is 82. The average molecular weight is 1520 g/mol. The highest BCUT2D eigenvalue weighted by molar-refractivity contribution is 7.47. The Kier molecular flexibility index (Phi) is 72.5. The molecule has 19 heteroatoms. The molecular weight excluding hydrogens is 1350 g/mol. The summed E-state index contributed by atoms with van der Waals surface area (Å²) in [4.78, 5) is 73.1. The molecule has 0 bridgehead atoms. The van der Waals surface area contributed by atoms with Crippen molar-refractivity contribution in [2.24, 2.45) is 23.7 Å². The van der Waals surface area contributed by atoms with E-state index in [4.69, 9.17) is 37.0 Å². The summed E-state index contributed by atoms with van der Waals surface area (Å²) in [7, 11) is -9.93. The minimum atomic E-state index is -4.97. The van der Waals surface area contributed by atoms with Crippen LogP contribution in [0.25, 0.3) is 0 Å². The monoisotopic (exact) mass is 1520 g/mol. The Morgan fingerprint density at radius 3 is 0.683 bits per heavy atom. The third-order valence-corrected chi connectivity index (χ3v) is 22.4. The molecule has 0 saturated carbocycles. The highest BCUT2D eigenvalue weighted by Gasteiger charge is 2.30. The number of ether oxygens (including phenoxy) is 4. The van der Waals surface area contributed by atoms with Gasteiger partial charge in [-0.15, -0.1) is 0 Å². The largest absolute Gasteiger partial charge is 0.472 e. The lowest BCUT2D eigenvalue weighted by atomic mass is 9.99. The van der Waals surface area contributed by atoms with Crippen molar-refractivity contribution in [2.75, 3.05) is 39.6 Å². The molecule has 0 saturated heterocycles. The first-order valence-corrected chi connectivity index (χ1v) is 46.8. The fourth-order valence-electron chi connectivity index (χ4n) is 13.1. The summed E-state index contributed by atoms with van der Waals surface area (Å²) in [5.74, 6) is 1.07. The lowest BCUT2D eigenvalue weighted by Gasteiger charge is -2.21. The SMILES string of the molecule is CCC(C)CCCCCCCCCCCCCCCCCCCCC(=O)O[C@H](COC(=O)CCCCCCCCCCCCCCC(C)C)COP(=O)(O)OC[C@@H](O)COP(=O)(O)OC[C@@H](COC(=O)CCCCCCCCC(C)C)OC(=O)CCCCCCCCCCCCCCCCC(C)CC. The molecule has 0 radical (unpaired) electrons. The van der Waals surface area contributed by atoms with E-state index < -0.39 is 97.5 Å². The van der Waals surface area contributed by atoms with E-state index in [2.05, 4.69) is 55.4 Å². The molecule has 0 amide bonds. The topological polar surface area (TPSA) is 237 Å². The van der Waals surface area contributed by atoms with Crippen molar-refractivity contribution in [2.45, 2.75) is 459 Å². The van der Waals surface area contributed by atoms with Gasteiger partial charge in [-0.1, -0.05) is 389 Å². The van der Waals surface area contributed by atoms with Gasteiger partial charge in [0, 0.05) is 25.7 Å². The molecule has 0 aromatic carbocycles. The number of unbranched alkanes of at least 4 members (excludes halogenated alkanes) is 46. The van der Waals surface area contributed by atoms with Crippen LogP contribution in [-0.2, 0) is 65.4 Å². The molecule has 0 aliphatic carbocycles. The Hall–Kier alpha value is -1.94. The number of phosphoric ester groups is 2. The van der Waals surface area contributed by atoms with Crippen LogP contribution in [0.15, 0.2) is 0 Å². The lowest BCUT2D eigenvalue weighted by Crippen LogP contribution is -2.30. The predicted octanol–water partition coefficient (Wildman–Crippen LogP) is 25.6. The summed E-state index contributed by atoms with van der Waals surface area (Å²) < 4.78 is 68.8. The van der Waals surface area contributed by atoms with E-state index in [-0.39, 0.29) is 25.7 Å². The van der Waals surface area contributed by atoms with E-state index in [9.17, 15) is 43.2 Å². The molecule has 0 aromatic rings. The van der Waals surface area contributed by atoms with Crippen molar-refractivity contribution in [3.05, 3.63) is 0 Å². The van der Waals surface area contributed by atoms with Crippen molar-refractivity contribution >= 4 is 39.5 Å². The fourth-order valence-corrected chi connectivity index (χ4v) is 14.7. The van der Waals surface area contributed by atoms with Gasteiger partial charge < -0.3 is 33.8 Å². The Balaban J connectivity index is 5.20. The first-order chi connectivity index (χ1) is 50.2. The fraction of sp³-hybridized carbons (Fsp3) is 0.953. The zero-order chi connectivity index (χ0) is 76.7. The Bertz CT molecular complexity index is 2030. The number of esters is 4. The van der Waals surface area contributed by atoms with Crippen LogP contribution in [0.4, 0.5) is 0 Å². The summed E-state index contributed by atoms with van der Waals surface area (Å²) in [6, 6.07) is 0. The number of aliphatic hydroxyl groups excluding tert-OH is 1. The molecule has 3 N–H and O–H groups in total. The van der Waals surface area contributed by atoms with Crippen LogP contribution in [0.2, 0.25) is 0 Å². The number of hydrogen-bond acceptors (Lipinski definition) is 15. The summed E-state index contributed by atoms with van der Waals surface area (Å²) in [6.07, 6.45) is 62.6. The Morgan fingerprint density at radius 1 is 0.269 bits per heavy atom. The van der Waals surface area contributed by atoms with Gasteiger partial charge >= 0.3 is 39.5 Å². The van der Waals surface area contributed by atoms with Gasteiger partial charge in [-0.3, -0.25) is 37.3 Å². The van der Waals surface area contributed by atoms with Crippen molar-refractivity contribution in [3.63, 3.8) is 0 Å². The van der Waals surface area contributed by atoms with E-state index in [0.29, 0.717) is 31.6 Å². The summed E-state index contributed by atoms with van der Waals surface area (Å²) in [6.45, 7) is 14.3. The summed E-state index contributed by atoms with van der Waals surface area (Å²) in [5.41, 5.74) is 0. The molecule has 104 heavy (non-hydrogen) atoms. The van der Waals surface area contributed by atoms with Crippen molar-refractivity contribution in [1.82, 2.24) is 0 Å². The first kappa shape index (κ1) is 102. The van der Waals surface area contributed by atoms with Gasteiger partial charge in [-0.25, -0.2) is 9.13 Å². The zero-order valence-electron chi connectivity index (χ0n) is 68.7. The van der Waals surface area contributed by atoms with Crippen LogP contribution in [0.5, 0.6) is 0 Å². The number of carbonyl (C=O) groups is 4. The minimum Gasteiger partial charge on any atom is -0.462 e. The second-order valence-electron chi connectivity index (χ2n) is 32.0. The molecule has 0 fully saturated rings. The maximum atomic E-state index is 13.1. The first-order valence-electron chi connectivity index (χ1n) is 43.8. The van der Waals surface area contributed by atoms with Gasteiger partial charge in [-0.05, 0) is 49.4 Å². The molecule has 0 aromatic heterocycles. The highest BCUT2D eigenvalue weighted by atomic mass is 31.2. The van der Waals surface area contributed by atoms with E-state index in [0.717, 1.165) is 114 Å². The average Bonchev–Trinajstić information content (AvgIpc) is 1.02. The van der Waals surface area contributed by atoms with Crippen LogP contribution in [0.1, 0.15) is 441 Å². The zero-order valence-corrected chi connectivity index (χ0v) is 70.5. The van der Waals surface area contributed by atoms with Crippen LogP contribution in [0, 0.1) is 23.7 Å². The molecule has 4 unspecified atom stereocenters. The van der Waals surface area contributed by atoms with Gasteiger partial charge in [0.15, 0.2) is 12.2 Å². The van der Waals surface area contributed by atoms with Gasteiger partial charge in [0.25, 0.3) is 0 Å². The predicted molar refractivity (Wildman–Crippen MR) is 428 cm³/mol. The van der Waals surface area contributed by atoms with Crippen LogP contribution < -0.4 is 0 Å². The minimum absolute atomic E-state index is 0.106. The lowest BCUT2D eigenvalue weighted by molar-refractivity contribution is -0.161. The Labute approximate surface area is 638 Å². The van der Waals surface area contributed by atoms with Gasteiger partial charge in [0.05, 0.1) is 26.4 Å². The smallest absolute Gasteiger partial charge is 0.462 e. The number of hydrogen-bond donors (Lipinski definition) is 3. The Morgan fingerprint density at radius 2 is 0.462 bits per heavy atom. The standard InChI is InChI=1S/C85H166O17P2/c1-9-77(7)63-55-47-38-32-26-19-15-13-11-12-14-16-21-29-35-41-51-59-67-84(89)101-80(71-95-82(87)65-57-49-40-34-28-24-23-25-31-37-45-53-61-75(3)4)73-99-103(91,92)97-69-79(86)70-98-104(93,94)100-74-81(72-96-83(88)66-58-50-44-43-46-54-62-76(5)6)102-85(90)68-60-52-42-36-30-22-18-17-20-27-33-39-48-56-64-78(8)10-2/h75-81,86H,9-74H2,1-8H3,(H,91,92)(H,93,94)/t77?,78?,79-,80-,81-/m1/s1. The van der Waals surface area contributed by atoms with E-state index >= 15 is 0 Å². The molecule has 0 aliphatic heterocycles. The van der Waals surface area contributed by atoms with E-state index in [1.807, 2.05) is 0 Å². The highest BCUT2D eigenvalue weighted by Crippen LogP contribution is 2.45. The van der Waals surface area contributed by atoms with Crippen molar-refractivity contribution < 1.29 is 80.2 Å². The van der Waals surface area contributed by atoms with Crippen LogP contribution in [-0.4, -0.2) is 96.7 Å². The van der Waals surface area contributed by atoms with E-state index in [1.54, 1.807) is 0 Å². The van der Waals surface area contributed by atoms with Gasteiger partial charge in [0.1, 0.15) is 19.3 Å². The molecular formula is C85H166O17P2. The second-order valence-corrected chi connectivity index (χ2v) is 34.9. The van der Waals surface area contributed by atoms with E-state index in [1.165, 1.54) is 238 Å². The molecule has 0 aliphatic rings. The normalized spacial score (nSPS) is 14.5. The second kappa shape index (κ2) is 73.8. The molecule has 17 nitrogen and oxygen atoms in total.